The molecule has 0 spiro atoms. The van der Waals surface area contributed by atoms with Gasteiger partial charge in [-0.05, 0) is 12.1 Å². The summed E-state index contributed by atoms with van der Waals surface area (Å²) >= 11 is 5.92. The van der Waals surface area contributed by atoms with Gasteiger partial charge in [-0.1, -0.05) is 6.92 Å². The van der Waals surface area contributed by atoms with Crippen molar-refractivity contribution in [1.29, 1.82) is 0 Å². The minimum atomic E-state index is 0.294. The van der Waals surface area contributed by atoms with Gasteiger partial charge in [0.05, 0.1) is 25.8 Å². The van der Waals surface area contributed by atoms with E-state index in [0.717, 1.165) is 23.7 Å². The second kappa shape index (κ2) is 5.93. The lowest BCUT2D eigenvalue weighted by atomic mass is 10.2. The predicted molar refractivity (Wildman–Crippen MR) is 73.4 cm³/mol. The summed E-state index contributed by atoms with van der Waals surface area (Å²) in [5.41, 5.74) is 0.862. The van der Waals surface area contributed by atoms with Gasteiger partial charge in [-0.2, -0.15) is 0 Å². The van der Waals surface area contributed by atoms with Gasteiger partial charge >= 0.3 is 0 Å². The van der Waals surface area contributed by atoms with Crippen LogP contribution in [-0.4, -0.2) is 29.0 Å². The van der Waals surface area contributed by atoms with Crippen LogP contribution in [0.1, 0.15) is 18.6 Å². The van der Waals surface area contributed by atoms with Crippen molar-refractivity contribution >= 4 is 11.6 Å². The third-order valence-corrected chi connectivity index (χ3v) is 3.10. The van der Waals surface area contributed by atoms with Crippen molar-refractivity contribution in [3.63, 3.8) is 0 Å². The fraction of sp³-hybridized carbons (Fsp3) is 0.385. The number of rotatable bonds is 5. The van der Waals surface area contributed by atoms with E-state index >= 15 is 0 Å². The summed E-state index contributed by atoms with van der Waals surface area (Å²) in [4.78, 5) is 0. The Morgan fingerprint density at radius 2 is 1.89 bits per heavy atom. The number of benzene rings is 1. The molecule has 0 bridgehead atoms. The Bertz CT molecular complexity index is 548. The largest absolute Gasteiger partial charge is 0.497 e. The molecule has 1 heterocycles. The minimum Gasteiger partial charge on any atom is -0.497 e. The fourth-order valence-electron chi connectivity index (χ4n) is 1.92. The van der Waals surface area contributed by atoms with E-state index in [1.165, 1.54) is 0 Å². The van der Waals surface area contributed by atoms with E-state index in [9.17, 15) is 0 Å². The lowest BCUT2D eigenvalue weighted by Crippen LogP contribution is -2.06. The van der Waals surface area contributed by atoms with Crippen molar-refractivity contribution in [2.24, 2.45) is 0 Å². The highest BCUT2D eigenvalue weighted by Gasteiger charge is 2.16. The van der Waals surface area contributed by atoms with E-state index in [2.05, 4.69) is 10.2 Å². The Kier molecular flexibility index (Phi) is 4.27. The summed E-state index contributed by atoms with van der Waals surface area (Å²) in [6.07, 6.45) is 0.763. The first kappa shape index (κ1) is 13.7. The van der Waals surface area contributed by atoms with Gasteiger partial charge in [-0.3, -0.25) is 4.57 Å². The van der Waals surface area contributed by atoms with Crippen molar-refractivity contribution in [2.75, 3.05) is 14.2 Å². The Hall–Kier alpha value is -1.75. The molecule has 2 rings (SSSR count). The SMILES string of the molecule is CCc1nnc(CCl)n1-c1ccc(OC)cc1OC. The van der Waals surface area contributed by atoms with Crippen molar-refractivity contribution in [3.05, 3.63) is 29.8 Å². The summed E-state index contributed by atoms with van der Waals surface area (Å²) in [5.74, 6) is 3.27. The minimum absolute atomic E-state index is 0.294. The van der Waals surface area contributed by atoms with E-state index in [4.69, 9.17) is 21.1 Å². The number of hydrogen-bond acceptors (Lipinski definition) is 4. The zero-order valence-corrected chi connectivity index (χ0v) is 11.9. The van der Waals surface area contributed by atoms with Crippen LogP contribution in [0.3, 0.4) is 0 Å². The Labute approximate surface area is 117 Å². The molecule has 1 aromatic heterocycles. The molecule has 0 aliphatic carbocycles. The van der Waals surface area contributed by atoms with Crippen molar-refractivity contribution in [2.45, 2.75) is 19.2 Å². The number of alkyl halides is 1. The van der Waals surface area contributed by atoms with Crippen LogP contribution >= 0.6 is 11.6 Å². The molecule has 0 radical (unpaired) electrons. The number of hydrogen-bond donors (Lipinski definition) is 0. The van der Waals surface area contributed by atoms with Crippen LogP contribution in [0.4, 0.5) is 0 Å². The maximum Gasteiger partial charge on any atom is 0.152 e. The van der Waals surface area contributed by atoms with Gasteiger partial charge < -0.3 is 9.47 Å². The van der Waals surface area contributed by atoms with Crippen LogP contribution in [0.15, 0.2) is 18.2 Å². The first-order chi connectivity index (χ1) is 9.24. The van der Waals surface area contributed by atoms with E-state index in [0.29, 0.717) is 17.5 Å². The average Bonchev–Trinajstić information content (AvgIpc) is 2.89. The van der Waals surface area contributed by atoms with Crippen LogP contribution in [0.5, 0.6) is 11.5 Å². The highest BCUT2D eigenvalue weighted by Crippen LogP contribution is 2.29. The predicted octanol–water partition coefficient (Wildman–Crippen LogP) is 2.59. The molecule has 102 valence electrons. The molecule has 0 fully saturated rings. The van der Waals surface area contributed by atoms with Crippen LogP contribution in [0, 0.1) is 0 Å². The zero-order valence-electron chi connectivity index (χ0n) is 11.2. The maximum atomic E-state index is 5.92. The van der Waals surface area contributed by atoms with Gasteiger partial charge in [0.15, 0.2) is 5.82 Å². The second-order valence-corrected chi connectivity index (χ2v) is 4.16. The molecular weight excluding hydrogens is 266 g/mol. The Morgan fingerprint density at radius 3 is 2.47 bits per heavy atom. The molecule has 0 amide bonds. The molecule has 0 aliphatic rings. The average molecular weight is 282 g/mol. The lowest BCUT2D eigenvalue weighted by Gasteiger charge is -2.14. The monoisotopic (exact) mass is 281 g/mol. The van der Waals surface area contributed by atoms with E-state index in [-0.39, 0.29) is 0 Å². The summed E-state index contributed by atoms with van der Waals surface area (Å²) in [6.45, 7) is 2.02. The molecule has 0 unspecified atom stereocenters. The topological polar surface area (TPSA) is 49.2 Å². The molecule has 0 aliphatic heterocycles. The number of ether oxygens (including phenoxy) is 2. The molecule has 6 heteroatoms. The normalized spacial score (nSPS) is 10.5. The van der Waals surface area contributed by atoms with Crippen molar-refractivity contribution < 1.29 is 9.47 Å². The van der Waals surface area contributed by atoms with Crippen LogP contribution in [0.2, 0.25) is 0 Å². The third kappa shape index (κ3) is 2.51. The molecule has 2 aromatic rings. The first-order valence-corrected chi connectivity index (χ1v) is 6.50. The number of aryl methyl sites for hydroxylation is 1. The quantitative estimate of drug-likeness (QED) is 0.791. The van der Waals surface area contributed by atoms with Gasteiger partial charge in [0.1, 0.15) is 17.3 Å². The smallest absolute Gasteiger partial charge is 0.152 e. The molecule has 0 atom stereocenters. The van der Waals surface area contributed by atoms with Crippen LogP contribution in [-0.2, 0) is 12.3 Å². The number of nitrogens with zero attached hydrogens (tertiary/aromatic N) is 3. The summed E-state index contributed by atoms with van der Waals surface area (Å²) in [6, 6.07) is 5.61. The Balaban J connectivity index is 2.60. The van der Waals surface area contributed by atoms with Gasteiger partial charge in [0, 0.05) is 12.5 Å². The van der Waals surface area contributed by atoms with E-state index in [1.54, 1.807) is 14.2 Å². The molecule has 1 aromatic carbocycles. The number of methoxy groups -OCH3 is 2. The standard InChI is InChI=1S/C13H16ClN3O2/c1-4-12-15-16-13(8-14)17(12)10-6-5-9(18-2)7-11(10)19-3/h5-7H,4,8H2,1-3H3. The summed E-state index contributed by atoms with van der Waals surface area (Å²) < 4.78 is 12.5. The van der Waals surface area contributed by atoms with E-state index in [1.807, 2.05) is 29.7 Å². The van der Waals surface area contributed by atoms with Crippen LogP contribution < -0.4 is 9.47 Å². The van der Waals surface area contributed by atoms with E-state index < -0.39 is 0 Å². The van der Waals surface area contributed by atoms with Gasteiger partial charge in [-0.25, -0.2) is 0 Å². The highest BCUT2D eigenvalue weighted by molar-refractivity contribution is 6.16. The lowest BCUT2D eigenvalue weighted by molar-refractivity contribution is 0.393. The molecular formula is C13H16ClN3O2. The molecule has 0 saturated carbocycles. The van der Waals surface area contributed by atoms with Gasteiger partial charge in [0.25, 0.3) is 0 Å². The molecule has 19 heavy (non-hydrogen) atoms. The van der Waals surface area contributed by atoms with Gasteiger partial charge in [-0.15, -0.1) is 21.8 Å². The fourth-order valence-corrected chi connectivity index (χ4v) is 2.09. The second-order valence-electron chi connectivity index (χ2n) is 3.89. The number of aromatic nitrogens is 3. The third-order valence-electron chi connectivity index (χ3n) is 2.86. The number of halogens is 1. The van der Waals surface area contributed by atoms with Crippen molar-refractivity contribution in [3.8, 4) is 17.2 Å². The summed E-state index contributed by atoms with van der Waals surface area (Å²) in [7, 11) is 3.24. The first-order valence-electron chi connectivity index (χ1n) is 5.96. The summed E-state index contributed by atoms with van der Waals surface area (Å²) in [5, 5.41) is 8.24. The van der Waals surface area contributed by atoms with Crippen LogP contribution in [0.25, 0.3) is 5.69 Å². The van der Waals surface area contributed by atoms with Crippen molar-refractivity contribution in [1.82, 2.24) is 14.8 Å². The maximum absolute atomic E-state index is 5.92. The molecule has 0 N–H and O–H groups in total. The molecule has 5 nitrogen and oxygen atoms in total. The molecule has 0 saturated heterocycles. The highest BCUT2D eigenvalue weighted by atomic mass is 35.5. The zero-order chi connectivity index (χ0) is 13.8. The Morgan fingerprint density at radius 1 is 1.16 bits per heavy atom. The van der Waals surface area contributed by atoms with Gasteiger partial charge in [0.2, 0.25) is 0 Å².